The van der Waals surface area contributed by atoms with E-state index in [1.54, 1.807) is 0 Å². The van der Waals surface area contributed by atoms with Crippen molar-refractivity contribution < 1.29 is 0 Å². The first kappa shape index (κ1) is 16.2. The Morgan fingerprint density at radius 2 is 1.86 bits per heavy atom. The number of nitrogens with zero attached hydrogens (tertiary/aromatic N) is 4. The monoisotopic (exact) mass is 367 g/mol. The number of H-pyrrole nitrogens is 1. The van der Waals surface area contributed by atoms with Gasteiger partial charge in [0, 0.05) is 23.0 Å². The summed E-state index contributed by atoms with van der Waals surface area (Å²) in [6, 6.07) is 22.5. The molecule has 0 aliphatic heterocycles. The predicted molar refractivity (Wildman–Crippen MR) is 109 cm³/mol. The number of nitrogen functional groups attached to an aromatic ring is 1. The molecule has 136 valence electrons. The molecule has 4 N–H and O–H groups in total. The van der Waals surface area contributed by atoms with E-state index in [4.69, 9.17) is 11.1 Å². The van der Waals surface area contributed by atoms with Crippen molar-refractivity contribution in [3.63, 3.8) is 0 Å². The highest BCUT2D eigenvalue weighted by Crippen LogP contribution is 2.29. The fourth-order valence-corrected chi connectivity index (χ4v) is 3.66. The van der Waals surface area contributed by atoms with Gasteiger partial charge < -0.3 is 10.3 Å². The Morgan fingerprint density at radius 1 is 1.00 bits per heavy atom. The van der Waals surface area contributed by atoms with Crippen molar-refractivity contribution in [1.29, 1.82) is 5.41 Å². The highest BCUT2D eigenvalue weighted by Gasteiger charge is 2.15. The zero-order chi connectivity index (χ0) is 19.1. The molecule has 0 fully saturated rings. The van der Waals surface area contributed by atoms with Crippen molar-refractivity contribution in [1.82, 2.24) is 25.2 Å². The highest BCUT2D eigenvalue weighted by molar-refractivity contribution is 5.99. The van der Waals surface area contributed by atoms with Gasteiger partial charge in [-0.1, -0.05) is 54.6 Å². The summed E-state index contributed by atoms with van der Waals surface area (Å²) in [6.07, 6.45) is 0. The Kier molecular flexibility index (Phi) is 3.65. The summed E-state index contributed by atoms with van der Waals surface area (Å²) in [4.78, 5) is 0. The van der Waals surface area contributed by atoms with Crippen LogP contribution in [0.2, 0.25) is 0 Å². The number of hydrogen-bond donors (Lipinski definition) is 3. The van der Waals surface area contributed by atoms with E-state index in [2.05, 4.69) is 61.6 Å². The summed E-state index contributed by atoms with van der Waals surface area (Å²) in [7, 11) is 0. The molecule has 0 saturated carbocycles. The molecule has 0 spiro atoms. The Bertz CT molecular complexity index is 1310. The third-order valence-electron chi connectivity index (χ3n) is 5.01. The second-order valence-corrected chi connectivity index (χ2v) is 6.69. The minimum absolute atomic E-state index is 0.0442. The molecule has 5 rings (SSSR count). The molecule has 0 atom stereocenters. The van der Waals surface area contributed by atoms with Gasteiger partial charge in [0.15, 0.2) is 5.82 Å². The van der Waals surface area contributed by atoms with E-state index < -0.39 is 0 Å². The van der Waals surface area contributed by atoms with Gasteiger partial charge in [0.2, 0.25) is 0 Å². The number of fused-ring (bicyclic) bond motifs is 2. The number of amidine groups is 1. The van der Waals surface area contributed by atoms with Crippen LogP contribution in [0, 0.1) is 5.41 Å². The minimum Gasteiger partial charge on any atom is -0.384 e. The molecule has 0 unspecified atom stereocenters. The lowest BCUT2D eigenvalue weighted by Crippen LogP contribution is -2.11. The van der Waals surface area contributed by atoms with Crippen LogP contribution in [0.25, 0.3) is 33.2 Å². The van der Waals surface area contributed by atoms with Gasteiger partial charge in [-0.2, -0.15) is 0 Å². The van der Waals surface area contributed by atoms with E-state index in [0.717, 1.165) is 16.6 Å². The van der Waals surface area contributed by atoms with Crippen LogP contribution in [-0.4, -0.2) is 31.0 Å². The van der Waals surface area contributed by atoms with Gasteiger partial charge in [0.1, 0.15) is 5.84 Å². The van der Waals surface area contributed by atoms with Gasteiger partial charge in [-0.05, 0) is 38.9 Å². The third-order valence-corrected chi connectivity index (χ3v) is 5.01. The average Bonchev–Trinajstić information content (AvgIpc) is 3.36. The van der Waals surface area contributed by atoms with Gasteiger partial charge in [-0.15, -0.1) is 5.10 Å². The van der Waals surface area contributed by atoms with Crippen LogP contribution in [0.3, 0.4) is 0 Å². The lowest BCUT2D eigenvalue weighted by Gasteiger charge is -2.12. The van der Waals surface area contributed by atoms with Crippen LogP contribution in [-0.2, 0) is 6.54 Å². The van der Waals surface area contributed by atoms with Crippen LogP contribution in [0.5, 0.6) is 0 Å². The van der Waals surface area contributed by atoms with E-state index in [1.807, 2.05) is 30.3 Å². The normalized spacial score (nSPS) is 11.3. The highest BCUT2D eigenvalue weighted by atomic mass is 15.5. The molecule has 0 aliphatic carbocycles. The van der Waals surface area contributed by atoms with E-state index in [9.17, 15) is 0 Å². The number of aromatic nitrogens is 5. The fourth-order valence-electron chi connectivity index (χ4n) is 3.66. The number of nitrogens with two attached hydrogens (primary N) is 1. The quantitative estimate of drug-likeness (QED) is 0.334. The van der Waals surface area contributed by atoms with Crippen LogP contribution in [0.4, 0.5) is 0 Å². The maximum Gasteiger partial charge on any atom is 0.196 e. The number of benzene rings is 3. The lowest BCUT2D eigenvalue weighted by molar-refractivity contribution is 0.843. The molecule has 28 heavy (non-hydrogen) atoms. The van der Waals surface area contributed by atoms with Crippen molar-refractivity contribution in [3.05, 3.63) is 77.9 Å². The van der Waals surface area contributed by atoms with Crippen molar-refractivity contribution >= 4 is 27.5 Å². The van der Waals surface area contributed by atoms with Crippen molar-refractivity contribution in [3.8, 4) is 11.5 Å². The fraction of sp³-hybridized carbons (Fsp3) is 0.0476. The van der Waals surface area contributed by atoms with Crippen molar-refractivity contribution in [2.45, 2.75) is 6.54 Å². The third kappa shape index (κ3) is 2.61. The molecule has 2 aromatic heterocycles. The largest absolute Gasteiger partial charge is 0.384 e. The molecule has 7 heteroatoms. The summed E-state index contributed by atoms with van der Waals surface area (Å²) in [5, 5.41) is 25.6. The molecule has 5 aromatic rings. The van der Waals surface area contributed by atoms with Gasteiger partial charge in [-0.3, -0.25) is 5.41 Å². The SMILES string of the molecule is N=C(N)c1ccc2cc(-c3nnn[nH]3)n(Cc3cccc4ccccc34)c2c1. The van der Waals surface area contributed by atoms with E-state index in [-0.39, 0.29) is 5.84 Å². The smallest absolute Gasteiger partial charge is 0.196 e. The van der Waals surface area contributed by atoms with Crippen molar-refractivity contribution in [2.24, 2.45) is 5.73 Å². The second-order valence-electron chi connectivity index (χ2n) is 6.69. The molecule has 0 saturated heterocycles. The maximum absolute atomic E-state index is 7.79. The lowest BCUT2D eigenvalue weighted by atomic mass is 10.0. The zero-order valence-electron chi connectivity index (χ0n) is 14.9. The number of hydrogen-bond acceptors (Lipinski definition) is 4. The molecule has 0 aliphatic rings. The Balaban J connectivity index is 1.75. The Hall–Kier alpha value is -4.00. The summed E-state index contributed by atoms with van der Waals surface area (Å²) in [5.41, 5.74) is 9.46. The summed E-state index contributed by atoms with van der Waals surface area (Å²) in [5.74, 6) is 0.642. The van der Waals surface area contributed by atoms with Crippen LogP contribution >= 0.6 is 0 Å². The summed E-state index contributed by atoms with van der Waals surface area (Å²) in [6.45, 7) is 0.641. The minimum atomic E-state index is 0.0442. The molecule has 0 radical (unpaired) electrons. The molecular weight excluding hydrogens is 350 g/mol. The first-order valence-electron chi connectivity index (χ1n) is 8.89. The van der Waals surface area contributed by atoms with Gasteiger partial charge in [-0.25, -0.2) is 5.10 Å². The number of tetrazole rings is 1. The average molecular weight is 367 g/mol. The molecule has 3 aromatic carbocycles. The summed E-state index contributed by atoms with van der Waals surface area (Å²) >= 11 is 0. The van der Waals surface area contributed by atoms with E-state index in [0.29, 0.717) is 17.9 Å². The van der Waals surface area contributed by atoms with Gasteiger partial charge in [0.25, 0.3) is 0 Å². The van der Waals surface area contributed by atoms with Crippen LogP contribution < -0.4 is 5.73 Å². The second kappa shape index (κ2) is 6.31. The zero-order valence-corrected chi connectivity index (χ0v) is 14.9. The first-order chi connectivity index (χ1) is 13.7. The standard InChI is InChI=1S/C21H17N7/c22-20(23)15-9-8-14-10-19(21-24-26-27-25-21)28(18(14)11-15)12-16-6-3-5-13-4-1-2-7-17(13)16/h1-11H,12H2,(H3,22,23)(H,24,25,26,27). The van der Waals surface area contributed by atoms with E-state index >= 15 is 0 Å². The van der Waals surface area contributed by atoms with Crippen molar-refractivity contribution in [2.75, 3.05) is 0 Å². The number of aromatic amines is 1. The molecule has 0 bridgehead atoms. The van der Waals surface area contributed by atoms with Gasteiger partial charge >= 0.3 is 0 Å². The molecule has 0 amide bonds. The summed E-state index contributed by atoms with van der Waals surface area (Å²) < 4.78 is 2.16. The Morgan fingerprint density at radius 3 is 2.68 bits per heavy atom. The molecule has 2 heterocycles. The number of rotatable bonds is 4. The van der Waals surface area contributed by atoms with Gasteiger partial charge in [0.05, 0.1) is 5.69 Å². The topological polar surface area (TPSA) is 109 Å². The predicted octanol–water partition coefficient (Wildman–Crippen LogP) is 3.31. The van der Waals surface area contributed by atoms with Crippen LogP contribution in [0.1, 0.15) is 11.1 Å². The van der Waals surface area contributed by atoms with Crippen LogP contribution in [0.15, 0.2) is 66.7 Å². The molecule has 7 nitrogen and oxygen atoms in total. The maximum atomic E-state index is 7.79. The van der Waals surface area contributed by atoms with E-state index in [1.165, 1.54) is 16.3 Å². The number of nitrogens with one attached hydrogen (secondary N) is 2. The first-order valence-corrected chi connectivity index (χ1v) is 8.89. The Labute approximate surface area is 160 Å². The molecular formula is C21H17N7.